The molecule has 2 aliphatic carbocycles. The van der Waals surface area contributed by atoms with Gasteiger partial charge in [0.15, 0.2) is 0 Å². The number of nitrogens with one attached hydrogen (secondary N) is 1. The van der Waals surface area contributed by atoms with E-state index in [0.29, 0.717) is 42.8 Å². The van der Waals surface area contributed by atoms with Crippen LogP contribution in [0, 0.1) is 0 Å². The van der Waals surface area contributed by atoms with E-state index < -0.39 is 15.4 Å². The highest BCUT2D eigenvalue weighted by atomic mass is 35.5. The second-order valence-corrected chi connectivity index (χ2v) is 11.3. The Hall–Kier alpha value is -1.68. The molecule has 0 aromatic carbocycles. The van der Waals surface area contributed by atoms with Gasteiger partial charge in [0.2, 0.25) is 21.8 Å². The van der Waals surface area contributed by atoms with Crippen LogP contribution in [0.15, 0.2) is 29.0 Å². The first-order valence-corrected chi connectivity index (χ1v) is 13.8. The second kappa shape index (κ2) is 10.3. The summed E-state index contributed by atoms with van der Waals surface area (Å²) in [6.07, 6.45) is 10.6. The summed E-state index contributed by atoms with van der Waals surface area (Å²) in [5.41, 5.74) is 1.38. The van der Waals surface area contributed by atoms with Gasteiger partial charge in [0.1, 0.15) is 6.26 Å². The van der Waals surface area contributed by atoms with E-state index >= 15 is 0 Å². The predicted molar refractivity (Wildman–Crippen MR) is 125 cm³/mol. The number of ether oxygens (including phenoxy) is 2. The summed E-state index contributed by atoms with van der Waals surface area (Å²) < 4.78 is 43.9. The molecule has 1 N–H and O–H groups in total. The van der Waals surface area contributed by atoms with Crippen LogP contribution >= 0.6 is 11.6 Å². The highest BCUT2D eigenvalue weighted by Crippen LogP contribution is 2.43. The summed E-state index contributed by atoms with van der Waals surface area (Å²) in [7, 11) is -1.63. The van der Waals surface area contributed by atoms with Gasteiger partial charge in [-0.05, 0) is 56.9 Å². The van der Waals surface area contributed by atoms with Crippen LogP contribution in [0.25, 0.3) is 0 Å². The summed E-state index contributed by atoms with van der Waals surface area (Å²) in [5, 5.41) is 0. The summed E-state index contributed by atoms with van der Waals surface area (Å²) in [4.78, 5) is 8.91. The number of alkyl halides is 1. The Balaban J connectivity index is 1.41. The van der Waals surface area contributed by atoms with Crippen LogP contribution in [-0.4, -0.2) is 50.5 Å². The zero-order valence-corrected chi connectivity index (χ0v) is 20.7. The number of methoxy groups -OCH3 is 1. The molecule has 2 aliphatic rings. The lowest BCUT2D eigenvalue weighted by Gasteiger charge is -2.33. The van der Waals surface area contributed by atoms with E-state index in [2.05, 4.69) is 20.8 Å². The fourth-order valence-electron chi connectivity index (χ4n) is 5.23. The van der Waals surface area contributed by atoms with Gasteiger partial charge >= 0.3 is 0 Å². The third-order valence-electron chi connectivity index (χ3n) is 6.83. The van der Waals surface area contributed by atoms with Gasteiger partial charge in [-0.15, -0.1) is 11.6 Å². The first kappa shape index (κ1) is 24.4. The minimum Gasteiger partial charge on any atom is -0.481 e. The number of halogens is 1. The largest absolute Gasteiger partial charge is 0.481 e. The molecule has 2 aromatic heterocycles. The Kier molecular flexibility index (Phi) is 7.63. The van der Waals surface area contributed by atoms with Crippen LogP contribution in [-0.2, 0) is 26.1 Å². The van der Waals surface area contributed by atoms with Crippen LogP contribution in [0.5, 0.6) is 5.88 Å². The smallest absolute Gasteiger partial charge is 0.216 e. The van der Waals surface area contributed by atoms with Gasteiger partial charge in [-0.2, -0.15) is 0 Å². The number of sulfonamides is 1. The van der Waals surface area contributed by atoms with Crippen LogP contribution in [0.3, 0.4) is 0 Å². The average molecular weight is 498 g/mol. The Bertz CT molecular complexity index is 1040. The van der Waals surface area contributed by atoms with Crippen molar-refractivity contribution in [2.24, 2.45) is 0 Å². The van der Waals surface area contributed by atoms with E-state index in [4.69, 9.17) is 25.5 Å². The number of pyridine rings is 1. The van der Waals surface area contributed by atoms with Gasteiger partial charge in [-0.3, -0.25) is 0 Å². The first-order chi connectivity index (χ1) is 15.8. The highest BCUT2D eigenvalue weighted by Gasteiger charge is 2.46. The standard InChI is InChI=1S/C23H32ClN3O5S/c1-30-21-20(4-3-11-25-21)16-5-7-19(8-6-16)32-15-23(22-26-18(13-24)14-31-22)10-9-17(12-23)27-33(2,28)29/h3-4,11,14,16-17,19,27H,5-10,12-13,15H2,1-2H3. The van der Waals surface area contributed by atoms with E-state index in [1.807, 2.05) is 6.07 Å². The molecule has 0 bridgehead atoms. The van der Waals surface area contributed by atoms with Crippen molar-refractivity contribution < 1.29 is 22.3 Å². The molecule has 0 amide bonds. The minimum absolute atomic E-state index is 0.144. The zero-order chi connectivity index (χ0) is 23.5. The lowest BCUT2D eigenvalue weighted by atomic mass is 9.82. The summed E-state index contributed by atoms with van der Waals surface area (Å²) in [6.45, 7) is 0.447. The molecule has 4 rings (SSSR count). The van der Waals surface area contributed by atoms with Crippen LogP contribution < -0.4 is 9.46 Å². The van der Waals surface area contributed by atoms with Crippen LogP contribution in [0.1, 0.15) is 68.0 Å². The number of rotatable bonds is 9. The molecular weight excluding hydrogens is 466 g/mol. The quantitative estimate of drug-likeness (QED) is 0.524. The summed E-state index contributed by atoms with van der Waals surface area (Å²) >= 11 is 5.93. The molecule has 10 heteroatoms. The molecule has 2 saturated carbocycles. The number of aromatic nitrogens is 2. The number of hydrogen-bond donors (Lipinski definition) is 1. The van der Waals surface area contributed by atoms with Gasteiger partial charge < -0.3 is 13.9 Å². The Labute approximate surface area is 200 Å². The third-order valence-corrected chi connectivity index (χ3v) is 7.87. The number of nitrogens with zero attached hydrogens (tertiary/aromatic N) is 2. The van der Waals surface area contributed by atoms with Crippen molar-refractivity contribution in [3.05, 3.63) is 41.7 Å². The molecule has 2 unspecified atom stereocenters. The highest BCUT2D eigenvalue weighted by molar-refractivity contribution is 7.88. The molecule has 33 heavy (non-hydrogen) atoms. The van der Waals surface area contributed by atoms with Crippen molar-refractivity contribution in [1.82, 2.24) is 14.7 Å². The second-order valence-electron chi connectivity index (χ2n) is 9.27. The van der Waals surface area contributed by atoms with Crippen molar-refractivity contribution in [2.75, 3.05) is 20.0 Å². The minimum atomic E-state index is -3.29. The third kappa shape index (κ3) is 5.88. The monoisotopic (exact) mass is 497 g/mol. The van der Waals surface area contributed by atoms with Crippen molar-refractivity contribution >= 4 is 21.6 Å². The van der Waals surface area contributed by atoms with E-state index in [1.54, 1.807) is 19.6 Å². The van der Waals surface area contributed by atoms with Gasteiger partial charge in [0, 0.05) is 17.8 Å². The fraction of sp³-hybridized carbons (Fsp3) is 0.652. The molecular formula is C23H32ClN3O5S. The van der Waals surface area contributed by atoms with E-state index in [9.17, 15) is 8.42 Å². The van der Waals surface area contributed by atoms with E-state index in [0.717, 1.165) is 37.7 Å². The Morgan fingerprint density at radius 1 is 1.27 bits per heavy atom. The lowest BCUT2D eigenvalue weighted by Crippen LogP contribution is -2.37. The molecule has 8 nitrogen and oxygen atoms in total. The molecule has 0 radical (unpaired) electrons. The van der Waals surface area contributed by atoms with Crippen molar-refractivity contribution in [2.45, 2.75) is 74.3 Å². The van der Waals surface area contributed by atoms with Crippen molar-refractivity contribution in [3.8, 4) is 5.88 Å². The first-order valence-electron chi connectivity index (χ1n) is 11.4. The van der Waals surface area contributed by atoms with Crippen molar-refractivity contribution in [1.29, 1.82) is 0 Å². The molecule has 182 valence electrons. The van der Waals surface area contributed by atoms with Gasteiger partial charge in [-0.1, -0.05) is 6.07 Å². The Morgan fingerprint density at radius 2 is 2.06 bits per heavy atom. The molecule has 0 aliphatic heterocycles. The van der Waals surface area contributed by atoms with E-state index in [1.165, 1.54) is 6.26 Å². The number of hydrogen-bond acceptors (Lipinski definition) is 7. The molecule has 2 heterocycles. The SMILES string of the molecule is COc1ncccc1C1CCC(OCC2(c3nc(CCl)co3)CCC(NS(C)(=O)=O)C2)CC1. The van der Waals surface area contributed by atoms with Gasteiger partial charge in [0.05, 0.1) is 43.1 Å². The van der Waals surface area contributed by atoms with Crippen LogP contribution in [0.4, 0.5) is 0 Å². The Morgan fingerprint density at radius 3 is 2.73 bits per heavy atom. The zero-order valence-electron chi connectivity index (χ0n) is 19.1. The van der Waals surface area contributed by atoms with E-state index in [-0.39, 0.29) is 18.0 Å². The van der Waals surface area contributed by atoms with Crippen LogP contribution in [0.2, 0.25) is 0 Å². The van der Waals surface area contributed by atoms with Crippen molar-refractivity contribution in [3.63, 3.8) is 0 Å². The molecule has 0 saturated heterocycles. The fourth-order valence-corrected chi connectivity index (χ4v) is 6.16. The topological polar surface area (TPSA) is 104 Å². The molecule has 0 spiro atoms. The average Bonchev–Trinajstić information content (AvgIpc) is 3.45. The lowest BCUT2D eigenvalue weighted by molar-refractivity contribution is -0.0101. The predicted octanol–water partition coefficient (Wildman–Crippen LogP) is 3.90. The normalized spacial score (nSPS) is 28.2. The maximum atomic E-state index is 11.8. The summed E-state index contributed by atoms with van der Waals surface area (Å²) in [5.74, 6) is 1.98. The van der Waals surface area contributed by atoms with Gasteiger partial charge in [0.25, 0.3) is 0 Å². The van der Waals surface area contributed by atoms with Gasteiger partial charge in [-0.25, -0.2) is 23.1 Å². The molecule has 2 atom stereocenters. The number of oxazole rings is 1. The molecule has 2 fully saturated rings. The maximum absolute atomic E-state index is 11.8. The maximum Gasteiger partial charge on any atom is 0.216 e. The molecule has 2 aromatic rings. The summed E-state index contributed by atoms with van der Waals surface area (Å²) in [6, 6.07) is 3.89.